The van der Waals surface area contributed by atoms with Crippen molar-refractivity contribution in [2.75, 3.05) is 25.2 Å². The maximum atomic E-state index is 14.0. The highest BCUT2D eigenvalue weighted by Gasteiger charge is 2.31. The minimum atomic E-state index is -1.11. The topological polar surface area (TPSA) is 85.7 Å². The van der Waals surface area contributed by atoms with Crippen LogP contribution in [0.15, 0.2) is 48.5 Å². The van der Waals surface area contributed by atoms with Crippen LogP contribution in [0, 0.1) is 11.6 Å². The number of amides is 2. The minimum Gasteiger partial charge on any atom is -0.389 e. The van der Waals surface area contributed by atoms with Crippen molar-refractivity contribution in [3.63, 3.8) is 0 Å². The van der Waals surface area contributed by atoms with Crippen LogP contribution >= 0.6 is 0 Å². The number of hydrogen-bond acceptors (Lipinski definition) is 5. The second kappa shape index (κ2) is 13.3. The first-order chi connectivity index (χ1) is 18.9. The van der Waals surface area contributed by atoms with Crippen LogP contribution in [0.3, 0.4) is 0 Å². The Morgan fingerprint density at radius 3 is 2.64 bits per heavy atom. The van der Waals surface area contributed by atoms with E-state index in [1.54, 1.807) is 7.11 Å². The average Bonchev–Trinajstić information content (AvgIpc) is 3.28. The third-order valence-electron chi connectivity index (χ3n) is 6.62. The van der Waals surface area contributed by atoms with E-state index >= 15 is 0 Å². The number of hydrogen-bond donors (Lipinski definition) is 1. The highest BCUT2D eigenvalue weighted by molar-refractivity contribution is 6.06. The molecule has 0 spiro atoms. The fourth-order valence-electron chi connectivity index (χ4n) is 4.66. The Hall–Kier alpha value is -3.79. The fourth-order valence-corrected chi connectivity index (χ4v) is 4.66. The van der Waals surface area contributed by atoms with Gasteiger partial charge in [0.1, 0.15) is 5.82 Å². The summed E-state index contributed by atoms with van der Waals surface area (Å²) in [4.78, 5) is 32.8. The number of benzene rings is 2. The number of halogens is 2. The van der Waals surface area contributed by atoms with Crippen LogP contribution in [0.25, 0.3) is 0 Å². The molecule has 0 bridgehead atoms. The van der Waals surface area contributed by atoms with E-state index < -0.39 is 23.6 Å². The zero-order valence-electron chi connectivity index (χ0n) is 22.3. The number of aromatic nitrogens is 2. The van der Waals surface area contributed by atoms with Gasteiger partial charge >= 0.3 is 6.09 Å². The molecule has 1 aliphatic heterocycles. The van der Waals surface area contributed by atoms with Crippen LogP contribution in [0.4, 0.5) is 19.4 Å². The fraction of sp³-hybridized carbons (Fsp3) is 0.414. The Bertz CT molecular complexity index is 1280. The Balaban J connectivity index is 1.63. The lowest BCUT2D eigenvalue weighted by Gasteiger charge is -2.23. The maximum Gasteiger partial charge on any atom is 0.414 e. The van der Waals surface area contributed by atoms with Crippen LogP contribution in [-0.4, -0.2) is 47.9 Å². The normalized spacial score (nSPS) is 13.4. The van der Waals surface area contributed by atoms with Gasteiger partial charge in [-0.25, -0.2) is 18.6 Å². The highest BCUT2D eigenvalue weighted by atomic mass is 19.2. The number of carbonyl (C=O) groups excluding carboxylic acids is 2. The summed E-state index contributed by atoms with van der Waals surface area (Å²) in [6.45, 7) is 3.10. The van der Waals surface area contributed by atoms with Gasteiger partial charge in [0.25, 0.3) is 5.91 Å². The molecule has 2 amide bonds. The zero-order chi connectivity index (χ0) is 27.8. The van der Waals surface area contributed by atoms with Crippen molar-refractivity contribution in [3.8, 4) is 5.88 Å². The van der Waals surface area contributed by atoms with E-state index in [1.165, 1.54) is 11.0 Å². The lowest BCUT2D eigenvalue weighted by molar-refractivity contribution is 0.0984. The largest absolute Gasteiger partial charge is 0.414 e. The number of nitrogens with zero attached hydrogens (tertiary/aromatic N) is 3. The Morgan fingerprint density at radius 2 is 1.92 bits per heavy atom. The molecule has 1 aliphatic rings. The van der Waals surface area contributed by atoms with Gasteiger partial charge in [-0.3, -0.25) is 14.3 Å². The van der Waals surface area contributed by atoms with Gasteiger partial charge in [0, 0.05) is 32.2 Å². The third kappa shape index (κ3) is 7.00. The summed E-state index contributed by atoms with van der Waals surface area (Å²) in [7, 11) is 1.56. The molecule has 208 valence electrons. The summed E-state index contributed by atoms with van der Waals surface area (Å²) in [5.41, 5.74) is 1.01. The van der Waals surface area contributed by atoms with Crippen molar-refractivity contribution in [1.29, 1.82) is 0 Å². The number of fused-ring (bicyclic) bond motifs is 1. The Morgan fingerprint density at radius 1 is 1.13 bits per heavy atom. The number of rotatable bonds is 11. The molecule has 10 heteroatoms. The third-order valence-corrected chi connectivity index (χ3v) is 6.62. The predicted molar refractivity (Wildman–Crippen MR) is 143 cm³/mol. The number of ether oxygens (including phenoxy) is 2. The first-order valence-corrected chi connectivity index (χ1v) is 13.3. The molecule has 3 aromatic rings. The molecule has 0 fully saturated rings. The molecule has 0 aliphatic carbocycles. The number of nitrogens with one attached hydrogen (secondary N) is 1. The molecule has 8 nitrogen and oxygen atoms in total. The number of aryl methyl sites for hydroxylation is 1. The summed E-state index contributed by atoms with van der Waals surface area (Å²) in [6.07, 6.45) is 3.71. The summed E-state index contributed by atoms with van der Waals surface area (Å²) >= 11 is 0. The summed E-state index contributed by atoms with van der Waals surface area (Å²) in [5.74, 6) is -1.65. The number of anilines is 1. The van der Waals surface area contributed by atoms with Crippen molar-refractivity contribution in [3.05, 3.63) is 77.1 Å². The van der Waals surface area contributed by atoms with Gasteiger partial charge in [-0.1, -0.05) is 43.7 Å². The number of unbranched alkanes of at least 4 members (excludes halogenated alkanes) is 1. The van der Waals surface area contributed by atoms with E-state index in [0.29, 0.717) is 31.6 Å². The molecule has 0 saturated heterocycles. The smallest absolute Gasteiger partial charge is 0.389 e. The van der Waals surface area contributed by atoms with E-state index in [1.807, 2.05) is 41.8 Å². The zero-order valence-corrected chi connectivity index (χ0v) is 22.3. The standard InChI is InChI=1S/C29H34F2N4O4/c1-3-4-15-35(27(36)21-13-14-23(30)24(31)18-21)26-28(34-16-9-8-12-25(34)33-26)39-29(37)32-22(19-38-2)17-20-10-6-5-7-11-20/h5-7,10-11,13-14,18,22H,3-4,8-9,12,15-17,19H2,1-2H3,(H,32,37). The molecule has 39 heavy (non-hydrogen) atoms. The molecule has 1 unspecified atom stereocenters. The first-order valence-electron chi connectivity index (χ1n) is 13.3. The van der Waals surface area contributed by atoms with E-state index in [-0.39, 0.29) is 36.5 Å². The maximum absolute atomic E-state index is 14.0. The quantitative estimate of drug-likeness (QED) is 0.357. The van der Waals surface area contributed by atoms with Crippen LogP contribution < -0.4 is 15.0 Å². The number of imidazole rings is 1. The molecule has 2 heterocycles. The monoisotopic (exact) mass is 540 g/mol. The van der Waals surface area contributed by atoms with Crippen LogP contribution in [-0.2, 0) is 24.1 Å². The average molecular weight is 541 g/mol. The molecular formula is C29H34F2N4O4. The van der Waals surface area contributed by atoms with E-state index in [2.05, 4.69) is 5.32 Å². The molecule has 4 rings (SSSR count). The Kier molecular flexibility index (Phi) is 9.64. The van der Waals surface area contributed by atoms with E-state index in [9.17, 15) is 18.4 Å². The molecule has 0 saturated carbocycles. The predicted octanol–water partition coefficient (Wildman–Crippen LogP) is 5.29. The van der Waals surface area contributed by atoms with E-state index in [0.717, 1.165) is 37.0 Å². The molecular weight excluding hydrogens is 506 g/mol. The van der Waals surface area contributed by atoms with Gasteiger partial charge in [0.05, 0.1) is 12.6 Å². The van der Waals surface area contributed by atoms with Gasteiger partial charge in [0.2, 0.25) is 5.88 Å². The van der Waals surface area contributed by atoms with Crippen molar-refractivity contribution in [2.45, 2.75) is 58.0 Å². The first kappa shape index (κ1) is 28.2. The van der Waals surface area contributed by atoms with Gasteiger partial charge in [-0.2, -0.15) is 0 Å². The van der Waals surface area contributed by atoms with Crippen molar-refractivity contribution in [2.24, 2.45) is 0 Å². The van der Waals surface area contributed by atoms with Gasteiger partial charge in [0.15, 0.2) is 17.5 Å². The molecule has 1 aromatic heterocycles. The second-order valence-corrected chi connectivity index (χ2v) is 9.58. The van der Waals surface area contributed by atoms with Crippen LogP contribution in [0.2, 0.25) is 0 Å². The number of methoxy groups -OCH3 is 1. The molecule has 0 radical (unpaired) electrons. The van der Waals surface area contributed by atoms with Crippen LogP contribution in [0.1, 0.15) is 54.4 Å². The lowest BCUT2D eigenvalue weighted by atomic mass is 10.1. The Labute approximate surface area is 226 Å². The minimum absolute atomic E-state index is 0.0191. The molecule has 2 aromatic carbocycles. The van der Waals surface area contributed by atoms with Gasteiger partial charge in [-0.15, -0.1) is 0 Å². The highest BCUT2D eigenvalue weighted by Crippen LogP contribution is 2.34. The molecule has 1 atom stereocenters. The molecule has 1 N–H and O–H groups in total. The SMILES string of the molecule is CCCCN(C(=O)c1ccc(F)c(F)c1)c1nc2n(c1OC(=O)NC(COC)Cc1ccccc1)CCCC2. The van der Waals surface area contributed by atoms with Crippen LogP contribution in [0.5, 0.6) is 5.88 Å². The van der Waals surface area contributed by atoms with E-state index in [4.69, 9.17) is 14.5 Å². The van der Waals surface area contributed by atoms with Gasteiger partial charge < -0.3 is 14.8 Å². The number of carbonyl (C=O) groups is 2. The lowest BCUT2D eigenvalue weighted by Crippen LogP contribution is -2.41. The van der Waals surface area contributed by atoms with Gasteiger partial charge in [-0.05, 0) is 49.4 Å². The van der Waals surface area contributed by atoms with Crippen molar-refractivity contribution < 1.29 is 27.8 Å². The van der Waals surface area contributed by atoms with Crippen molar-refractivity contribution >= 4 is 17.8 Å². The van der Waals surface area contributed by atoms with Crippen molar-refractivity contribution in [1.82, 2.24) is 14.9 Å². The summed E-state index contributed by atoms with van der Waals surface area (Å²) in [5, 5.41) is 2.87. The summed E-state index contributed by atoms with van der Waals surface area (Å²) in [6, 6.07) is 12.4. The second-order valence-electron chi connectivity index (χ2n) is 9.58. The summed E-state index contributed by atoms with van der Waals surface area (Å²) < 4.78 is 40.5.